The predicted molar refractivity (Wildman–Crippen MR) is 87.5 cm³/mol. The zero-order valence-electron chi connectivity index (χ0n) is 12.9. The first kappa shape index (κ1) is 15.2. The molecular weight excluding hydrogens is 262 g/mol. The van der Waals surface area contributed by atoms with E-state index in [1.165, 1.54) is 11.1 Å². The fourth-order valence-electron chi connectivity index (χ4n) is 1.91. The Labute approximate surface area is 126 Å². The van der Waals surface area contributed by atoms with Crippen LogP contribution in [0.3, 0.4) is 0 Å². The minimum atomic E-state index is 0.440. The first-order valence-electron chi connectivity index (χ1n) is 7.24. The summed E-state index contributed by atoms with van der Waals surface area (Å²) in [7, 11) is 0. The van der Waals surface area contributed by atoms with Crippen molar-refractivity contribution in [2.75, 3.05) is 17.7 Å². The van der Waals surface area contributed by atoms with Crippen LogP contribution in [-0.4, -0.2) is 11.6 Å². The molecule has 0 unspecified atom stereocenters. The van der Waals surface area contributed by atoms with Crippen molar-refractivity contribution in [3.05, 3.63) is 47.5 Å². The van der Waals surface area contributed by atoms with Gasteiger partial charge in [0, 0.05) is 6.54 Å². The Balaban J connectivity index is 2.03. The monoisotopic (exact) mass is 285 g/mol. The molecule has 2 aromatic rings. The maximum absolute atomic E-state index is 5.89. The minimum absolute atomic E-state index is 0.440. The van der Waals surface area contributed by atoms with Crippen LogP contribution in [0.15, 0.2) is 36.4 Å². The first-order valence-corrected chi connectivity index (χ1v) is 7.24. The molecule has 0 aliphatic rings. The molecule has 0 spiro atoms. The van der Waals surface area contributed by atoms with Crippen LogP contribution in [0.25, 0.3) is 0 Å². The van der Waals surface area contributed by atoms with Crippen molar-refractivity contribution in [1.29, 1.82) is 0 Å². The Bertz CT molecular complexity index is 596. The molecule has 0 aliphatic carbocycles. The molecule has 0 bridgehead atoms. The zero-order valence-corrected chi connectivity index (χ0v) is 12.9. The third-order valence-electron chi connectivity index (χ3n) is 3.16. The molecule has 2 rings (SSSR count). The zero-order chi connectivity index (χ0) is 15.2. The summed E-state index contributed by atoms with van der Waals surface area (Å²) in [6.45, 7) is 7.63. The van der Waals surface area contributed by atoms with Crippen LogP contribution < -0.4 is 15.8 Å². The summed E-state index contributed by atoms with van der Waals surface area (Å²) < 4.78 is 5.64. The van der Waals surface area contributed by atoms with E-state index in [2.05, 4.69) is 43.2 Å². The summed E-state index contributed by atoms with van der Waals surface area (Å²) in [5.41, 5.74) is 8.97. The summed E-state index contributed by atoms with van der Waals surface area (Å²) in [5, 5.41) is 3.31. The molecule has 0 saturated carbocycles. The van der Waals surface area contributed by atoms with Crippen molar-refractivity contribution >= 4 is 11.5 Å². The van der Waals surface area contributed by atoms with E-state index >= 15 is 0 Å². The second-order valence-corrected chi connectivity index (χ2v) is 5.58. The van der Waals surface area contributed by atoms with Gasteiger partial charge >= 0.3 is 0 Å². The molecule has 1 aromatic carbocycles. The van der Waals surface area contributed by atoms with Gasteiger partial charge in [-0.1, -0.05) is 38.1 Å². The average Bonchev–Trinajstić information content (AvgIpc) is 2.46. The Hall–Kier alpha value is -2.23. The summed E-state index contributed by atoms with van der Waals surface area (Å²) >= 11 is 0. The summed E-state index contributed by atoms with van der Waals surface area (Å²) in [5.74, 6) is 1.71. The summed E-state index contributed by atoms with van der Waals surface area (Å²) in [6.07, 6.45) is 0. The second kappa shape index (κ2) is 6.97. The molecule has 0 saturated heterocycles. The standard InChI is InChI=1S/C17H23N3O/c1-12(2)11-21-17-15(18)8-9-16(20-17)19-10-14-7-5-4-6-13(14)3/h4-9,12H,10-11,18H2,1-3H3,(H,19,20). The molecule has 21 heavy (non-hydrogen) atoms. The van der Waals surface area contributed by atoms with E-state index < -0.39 is 0 Å². The molecule has 1 heterocycles. The molecule has 4 nitrogen and oxygen atoms in total. The number of hydrogen-bond donors (Lipinski definition) is 2. The van der Waals surface area contributed by atoms with E-state index in [0.717, 1.165) is 12.4 Å². The molecule has 0 aliphatic heterocycles. The van der Waals surface area contributed by atoms with E-state index in [1.54, 1.807) is 0 Å². The van der Waals surface area contributed by atoms with Crippen molar-refractivity contribution in [2.45, 2.75) is 27.3 Å². The van der Waals surface area contributed by atoms with Gasteiger partial charge in [0.25, 0.3) is 0 Å². The molecule has 0 fully saturated rings. The maximum atomic E-state index is 5.89. The van der Waals surface area contributed by atoms with Gasteiger partial charge in [-0.3, -0.25) is 0 Å². The highest BCUT2D eigenvalue weighted by Gasteiger charge is 2.06. The number of rotatable bonds is 6. The molecule has 0 radical (unpaired) electrons. The molecule has 0 atom stereocenters. The smallest absolute Gasteiger partial charge is 0.239 e. The lowest BCUT2D eigenvalue weighted by Gasteiger charge is -2.13. The van der Waals surface area contributed by atoms with Gasteiger partial charge in [-0.05, 0) is 36.1 Å². The number of pyridine rings is 1. The van der Waals surface area contributed by atoms with Gasteiger partial charge in [0.15, 0.2) is 0 Å². The fraction of sp³-hybridized carbons (Fsp3) is 0.353. The van der Waals surface area contributed by atoms with E-state index in [1.807, 2.05) is 24.3 Å². The Morgan fingerprint density at radius 2 is 1.95 bits per heavy atom. The number of aryl methyl sites for hydroxylation is 1. The Morgan fingerprint density at radius 1 is 1.19 bits per heavy atom. The minimum Gasteiger partial charge on any atom is -0.476 e. The van der Waals surface area contributed by atoms with Crippen molar-refractivity contribution in [3.63, 3.8) is 0 Å². The van der Waals surface area contributed by atoms with Crippen LogP contribution in [0.5, 0.6) is 5.88 Å². The van der Waals surface area contributed by atoms with Crippen molar-refractivity contribution in [1.82, 2.24) is 4.98 Å². The number of nitrogens with two attached hydrogens (primary N) is 1. The highest BCUT2D eigenvalue weighted by molar-refractivity contribution is 5.53. The third kappa shape index (κ3) is 4.38. The number of aromatic nitrogens is 1. The number of nitrogen functional groups attached to an aromatic ring is 1. The number of hydrogen-bond acceptors (Lipinski definition) is 4. The van der Waals surface area contributed by atoms with E-state index in [4.69, 9.17) is 10.5 Å². The number of ether oxygens (including phenoxy) is 1. The van der Waals surface area contributed by atoms with Gasteiger partial charge in [0.05, 0.1) is 12.3 Å². The largest absolute Gasteiger partial charge is 0.476 e. The van der Waals surface area contributed by atoms with Crippen LogP contribution >= 0.6 is 0 Å². The fourth-order valence-corrected chi connectivity index (χ4v) is 1.91. The molecule has 112 valence electrons. The lowest BCUT2D eigenvalue weighted by molar-refractivity contribution is 0.263. The van der Waals surface area contributed by atoms with E-state index in [-0.39, 0.29) is 0 Å². The predicted octanol–water partition coefficient (Wildman–Crippen LogP) is 3.62. The van der Waals surface area contributed by atoms with Gasteiger partial charge in [-0.15, -0.1) is 0 Å². The molecule has 4 heteroatoms. The van der Waals surface area contributed by atoms with Crippen LogP contribution in [0.1, 0.15) is 25.0 Å². The van der Waals surface area contributed by atoms with Crippen molar-refractivity contribution in [2.24, 2.45) is 5.92 Å². The van der Waals surface area contributed by atoms with E-state index in [0.29, 0.717) is 24.1 Å². The van der Waals surface area contributed by atoms with Crippen LogP contribution in [0.4, 0.5) is 11.5 Å². The van der Waals surface area contributed by atoms with E-state index in [9.17, 15) is 0 Å². The lowest BCUT2D eigenvalue weighted by atomic mass is 10.1. The van der Waals surface area contributed by atoms with Gasteiger partial charge in [-0.25, -0.2) is 0 Å². The Morgan fingerprint density at radius 3 is 2.67 bits per heavy atom. The molecule has 1 aromatic heterocycles. The second-order valence-electron chi connectivity index (χ2n) is 5.58. The SMILES string of the molecule is Cc1ccccc1CNc1ccc(N)c(OCC(C)C)n1. The van der Waals surface area contributed by atoms with Gasteiger partial charge < -0.3 is 15.8 Å². The normalized spacial score (nSPS) is 10.7. The van der Waals surface area contributed by atoms with Crippen LogP contribution in [-0.2, 0) is 6.54 Å². The highest BCUT2D eigenvalue weighted by Crippen LogP contribution is 2.22. The highest BCUT2D eigenvalue weighted by atomic mass is 16.5. The van der Waals surface area contributed by atoms with Crippen molar-refractivity contribution < 1.29 is 4.74 Å². The van der Waals surface area contributed by atoms with Crippen LogP contribution in [0, 0.1) is 12.8 Å². The topological polar surface area (TPSA) is 60.2 Å². The molecule has 3 N–H and O–H groups in total. The van der Waals surface area contributed by atoms with Crippen molar-refractivity contribution in [3.8, 4) is 5.88 Å². The maximum Gasteiger partial charge on any atom is 0.239 e. The first-order chi connectivity index (χ1) is 10.1. The van der Waals surface area contributed by atoms with Gasteiger partial charge in [0.1, 0.15) is 5.82 Å². The van der Waals surface area contributed by atoms with Gasteiger partial charge in [-0.2, -0.15) is 4.98 Å². The van der Waals surface area contributed by atoms with Crippen LogP contribution in [0.2, 0.25) is 0 Å². The third-order valence-corrected chi connectivity index (χ3v) is 3.16. The summed E-state index contributed by atoms with van der Waals surface area (Å²) in [6, 6.07) is 12.0. The number of benzene rings is 1. The molecule has 0 amide bonds. The number of nitrogens with zero attached hydrogens (tertiary/aromatic N) is 1. The lowest BCUT2D eigenvalue weighted by Crippen LogP contribution is -2.09. The molecular formula is C17H23N3O. The average molecular weight is 285 g/mol. The summed E-state index contributed by atoms with van der Waals surface area (Å²) in [4.78, 5) is 4.43. The Kier molecular flexibility index (Phi) is 5.04. The quantitative estimate of drug-likeness (QED) is 0.851. The number of nitrogens with one attached hydrogen (secondary N) is 1. The van der Waals surface area contributed by atoms with Gasteiger partial charge in [0.2, 0.25) is 5.88 Å². The number of anilines is 2.